The Morgan fingerprint density at radius 1 is 1.12 bits per heavy atom. The number of piperidine rings is 1. The molecule has 0 saturated carbocycles. The molecule has 0 bridgehead atoms. The Morgan fingerprint density at radius 3 is 2.29 bits per heavy atom. The van der Waals surface area contributed by atoms with Gasteiger partial charge in [-0.15, -0.1) is 0 Å². The number of benzene rings is 1. The van der Waals surface area contributed by atoms with Gasteiger partial charge in [-0.2, -0.15) is 0 Å². The van der Waals surface area contributed by atoms with Crippen LogP contribution in [0.4, 0.5) is 8.78 Å². The fourth-order valence-electron chi connectivity index (χ4n) is 2.04. The van der Waals surface area contributed by atoms with Crippen LogP contribution in [-0.2, 0) is 6.42 Å². The van der Waals surface area contributed by atoms with Crippen molar-refractivity contribution in [3.8, 4) is 0 Å². The highest BCUT2D eigenvalue weighted by atomic mass is 127. The molecule has 1 aliphatic heterocycles. The molecule has 17 heavy (non-hydrogen) atoms. The first-order valence-electron chi connectivity index (χ1n) is 5.90. The molecule has 0 unspecified atom stereocenters. The van der Waals surface area contributed by atoms with Crippen LogP contribution in [0.25, 0.3) is 0 Å². The molecule has 1 fully saturated rings. The van der Waals surface area contributed by atoms with E-state index in [0.717, 1.165) is 13.0 Å². The number of halogens is 3. The van der Waals surface area contributed by atoms with Crippen LogP contribution in [0, 0.1) is 3.57 Å². The zero-order valence-electron chi connectivity index (χ0n) is 9.63. The lowest BCUT2D eigenvalue weighted by molar-refractivity contribution is -0.0548. The Hall–Kier alpha value is -0.230. The number of rotatable bonds is 3. The molecule has 0 radical (unpaired) electrons. The first-order chi connectivity index (χ1) is 8.05. The van der Waals surface area contributed by atoms with Crippen molar-refractivity contribution in [1.82, 2.24) is 4.90 Å². The molecule has 1 aromatic rings. The maximum absolute atomic E-state index is 13.0. The maximum atomic E-state index is 13.0. The third kappa shape index (κ3) is 4.17. The third-order valence-corrected chi connectivity index (χ3v) is 3.94. The highest BCUT2D eigenvalue weighted by molar-refractivity contribution is 14.1. The molecular weight excluding hydrogens is 335 g/mol. The molecule has 94 valence electrons. The number of hydrogen-bond donors (Lipinski definition) is 0. The van der Waals surface area contributed by atoms with Gasteiger partial charge in [0.2, 0.25) is 0 Å². The summed E-state index contributed by atoms with van der Waals surface area (Å²) in [6.07, 6.45) is 0.974. The van der Waals surface area contributed by atoms with Crippen molar-refractivity contribution in [2.45, 2.75) is 25.2 Å². The molecular formula is C13H16F2IN. The van der Waals surface area contributed by atoms with Crippen LogP contribution in [0.15, 0.2) is 24.3 Å². The van der Waals surface area contributed by atoms with Gasteiger partial charge in [-0.05, 0) is 46.7 Å². The molecule has 1 nitrogen and oxygen atoms in total. The summed E-state index contributed by atoms with van der Waals surface area (Å²) in [5, 5.41) is 0. The SMILES string of the molecule is FC1(F)CCN(CCc2ccc(I)cc2)CC1. The normalized spacial score (nSPS) is 20.4. The standard InChI is InChI=1S/C13H16F2IN/c14-13(15)6-9-17(10-7-13)8-5-11-1-3-12(16)4-2-11/h1-4H,5-10H2. The zero-order valence-corrected chi connectivity index (χ0v) is 11.8. The lowest BCUT2D eigenvalue weighted by Gasteiger charge is -2.31. The van der Waals surface area contributed by atoms with E-state index >= 15 is 0 Å². The van der Waals surface area contributed by atoms with Gasteiger partial charge in [-0.1, -0.05) is 12.1 Å². The van der Waals surface area contributed by atoms with E-state index in [4.69, 9.17) is 0 Å². The second kappa shape index (κ2) is 5.61. The summed E-state index contributed by atoms with van der Waals surface area (Å²) in [7, 11) is 0. The average molecular weight is 351 g/mol. The molecule has 1 heterocycles. The summed E-state index contributed by atoms with van der Waals surface area (Å²) in [6.45, 7) is 1.94. The van der Waals surface area contributed by atoms with Crippen LogP contribution in [-0.4, -0.2) is 30.5 Å². The van der Waals surface area contributed by atoms with Crippen LogP contribution in [0.1, 0.15) is 18.4 Å². The molecule has 2 rings (SSSR count). The zero-order chi connectivity index (χ0) is 12.3. The van der Waals surface area contributed by atoms with Crippen molar-refractivity contribution < 1.29 is 8.78 Å². The first-order valence-corrected chi connectivity index (χ1v) is 6.98. The molecule has 0 aliphatic carbocycles. The molecule has 0 N–H and O–H groups in total. The van der Waals surface area contributed by atoms with Crippen molar-refractivity contribution in [2.75, 3.05) is 19.6 Å². The summed E-state index contributed by atoms with van der Waals surface area (Å²) in [5.74, 6) is -2.43. The van der Waals surface area contributed by atoms with E-state index in [0.29, 0.717) is 13.1 Å². The Labute approximate surface area is 114 Å². The molecule has 1 aliphatic rings. The number of hydrogen-bond acceptors (Lipinski definition) is 1. The molecule has 0 aromatic heterocycles. The van der Waals surface area contributed by atoms with Gasteiger partial charge in [0.1, 0.15) is 0 Å². The minimum absolute atomic E-state index is 0.0136. The van der Waals surface area contributed by atoms with Crippen molar-refractivity contribution in [2.24, 2.45) is 0 Å². The van der Waals surface area contributed by atoms with E-state index in [1.165, 1.54) is 9.13 Å². The van der Waals surface area contributed by atoms with E-state index in [9.17, 15) is 8.78 Å². The van der Waals surface area contributed by atoms with Crippen LogP contribution >= 0.6 is 22.6 Å². The van der Waals surface area contributed by atoms with Gasteiger partial charge in [-0.25, -0.2) is 8.78 Å². The summed E-state index contributed by atoms with van der Waals surface area (Å²) >= 11 is 2.28. The molecule has 4 heteroatoms. The number of alkyl halides is 2. The summed E-state index contributed by atoms with van der Waals surface area (Å²) in [4.78, 5) is 2.13. The second-order valence-corrected chi connectivity index (χ2v) is 5.82. The Bertz CT molecular complexity index is 354. The summed E-state index contributed by atoms with van der Waals surface area (Å²) in [6, 6.07) is 8.39. The van der Waals surface area contributed by atoms with Gasteiger partial charge in [-0.3, -0.25) is 0 Å². The van der Waals surface area contributed by atoms with Crippen molar-refractivity contribution in [3.05, 3.63) is 33.4 Å². The molecule has 1 aromatic carbocycles. The van der Waals surface area contributed by atoms with E-state index < -0.39 is 5.92 Å². The van der Waals surface area contributed by atoms with Crippen LogP contribution in [0.3, 0.4) is 0 Å². The van der Waals surface area contributed by atoms with Crippen LogP contribution in [0.2, 0.25) is 0 Å². The number of likely N-dealkylation sites (tertiary alicyclic amines) is 1. The van der Waals surface area contributed by atoms with E-state index in [1.54, 1.807) is 0 Å². The van der Waals surface area contributed by atoms with Crippen LogP contribution < -0.4 is 0 Å². The molecule has 0 spiro atoms. The first kappa shape index (κ1) is 13.2. The Balaban J connectivity index is 1.78. The van der Waals surface area contributed by atoms with Crippen molar-refractivity contribution in [1.29, 1.82) is 0 Å². The fourth-order valence-corrected chi connectivity index (χ4v) is 2.40. The lowest BCUT2D eigenvalue weighted by atomic mass is 10.1. The lowest BCUT2D eigenvalue weighted by Crippen LogP contribution is -2.40. The highest BCUT2D eigenvalue weighted by Gasteiger charge is 2.33. The highest BCUT2D eigenvalue weighted by Crippen LogP contribution is 2.27. The fraction of sp³-hybridized carbons (Fsp3) is 0.538. The van der Waals surface area contributed by atoms with Gasteiger partial charge in [0.25, 0.3) is 5.92 Å². The van der Waals surface area contributed by atoms with Gasteiger partial charge in [0.15, 0.2) is 0 Å². The Kier molecular flexibility index (Phi) is 4.36. The van der Waals surface area contributed by atoms with Crippen molar-refractivity contribution in [3.63, 3.8) is 0 Å². The predicted molar refractivity (Wildman–Crippen MR) is 73.5 cm³/mol. The second-order valence-electron chi connectivity index (χ2n) is 4.57. The quantitative estimate of drug-likeness (QED) is 0.753. The monoisotopic (exact) mass is 351 g/mol. The van der Waals surface area contributed by atoms with Gasteiger partial charge in [0, 0.05) is 36.0 Å². The van der Waals surface area contributed by atoms with Gasteiger partial charge < -0.3 is 4.90 Å². The topological polar surface area (TPSA) is 3.24 Å². The molecule has 1 saturated heterocycles. The van der Waals surface area contributed by atoms with Crippen LogP contribution in [0.5, 0.6) is 0 Å². The molecule has 0 atom stereocenters. The minimum Gasteiger partial charge on any atom is -0.303 e. The Morgan fingerprint density at radius 2 is 1.71 bits per heavy atom. The summed E-state index contributed by atoms with van der Waals surface area (Å²) in [5.41, 5.74) is 1.28. The minimum atomic E-state index is -2.43. The predicted octanol–water partition coefficient (Wildman–Crippen LogP) is 3.56. The number of nitrogens with zero attached hydrogens (tertiary/aromatic N) is 1. The maximum Gasteiger partial charge on any atom is 0.250 e. The van der Waals surface area contributed by atoms with E-state index in [-0.39, 0.29) is 12.8 Å². The summed E-state index contributed by atoms with van der Waals surface area (Å²) < 4.78 is 27.1. The smallest absolute Gasteiger partial charge is 0.250 e. The van der Waals surface area contributed by atoms with Gasteiger partial charge in [0.05, 0.1) is 0 Å². The third-order valence-electron chi connectivity index (χ3n) is 3.22. The van der Waals surface area contributed by atoms with E-state index in [2.05, 4.69) is 51.8 Å². The molecule has 0 amide bonds. The van der Waals surface area contributed by atoms with E-state index in [1.807, 2.05) is 0 Å². The van der Waals surface area contributed by atoms with Crippen molar-refractivity contribution >= 4 is 22.6 Å². The van der Waals surface area contributed by atoms with Gasteiger partial charge >= 0.3 is 0 Å². The average Bonchev–Trinajstić information content (AvgIpc) is 2.30. The largest absolute Gasteiger partial charge is 0.303 e.